The molecular formula is C20H23ClFNO3. The highest BCUT2D eigenvalue weighted by Gasteiger charge is 2.15. The van der Waals surface area contributed by atoms with Crippen LogP contribution < -0.4 is 14.8 Å². The maximum absolute atomic E-state index is 12.9. The van der Waals surface area contributed by atoms with Crippen molar-refractivity contribution in [1.29, 1.82) is 0 Å². The summed E-state index contributed by atoms with van der Waals surface area (Å²) >= 11 is 6.26. The number of benzene rings is 2. The second-order valence-corrected chi connectivity index (χ2v) is 6.23. The first-order chi connectivity index (χ1) is 12.5. The monoisotopic (exact) mass is 379 g/mol. The van der Waals surface area contributed by atoms with Crippen molar-refractivity contribution in [2.24, 2.45) is 0 Å². The van der Waals surface area contributed by atoms with Crippen LogP contribution in [0.4, 0.5) is 4.39 Å². The molecule has 1 amide bonds. The Morgan fingerprint density at radius 3 is 2.62 bits per heavy atom. The molecule has 26 heavy (non-hydrogen) atoms. The molecule has 0 unspecified atom stereocenters. The van der Waals surface area contributed by atoms with Crippen LogP contribution in [0, 0.1) is 5.82 Å². The number of ether oxygens (including phenoxy) is 2. The minimum absolute atomic E-state index is 0.257. The molecule has 1 N–H and O–H groups in total. The fraction of sp³-hybridized carbons (Fsp3) is 0.350. The van der Waals surface area contributed by atoms with Gasteiger partial charge in [0.2, 0.25) is 0 Å². The molecule has 4 nitrogen and oxygen atoms in total. The molecule has 0 bridgehead atoms. The van der Waals surface area contributed by atoms with Gasteiger partial charge in [0.15, 0.2) is 11.5 Å². The Labute approximate surface area is 158 Å². The molecule has 6 heteroatoms. The zero-order chi connectivity index (χ0) is 18.9. The normalized spacial score (nSPS) is 10.5. The maximum atomic E-state index is 12.9. The predicted molar refractivity (Wildman–Crippen MR) is 101 cm³/mol. The Morgan fingerprint density at radius 1 is 1.23 bits per heavy atom. The van der Waals surface area contributed by atoms with Gasteiger partial charge in [-0.25, -0.2) is 4.39 Å². The smallest absolute Gasteiger partial charge is 0.251 e. The SMILES string of the molecule is CCCCOc1c(Cl)cc(C(=O)NCCc2ccc(F)cc2)cc1OC. The largest absolute Gasteiger partial charge is 0.493 e. The summed E-state index contributed by atoms with van der Waals surface area (Å²) in [5, 5.41) is 3.16. The van der Waals surface area contributed by atoms with E-state index in [1.807, 2.05) is 0 Å². The van der Waals surface area contributed by atoms with Gasteiger partial charge in [-0.05, 0) is 42.7 Å². The van der Waals surface area contributed by atoms with E-state index in [-0.39, 0.29) is 11.7 Å². The second-order valence-electron chi connectivity index (χ2n) is 5.82. The number of hydrogen-bond acceptors (Lipinski definition) is 3. The molecule has 2 rings (SSSR count). The summed E-state index contributed by atoms with van der Waals surface area (Å²) in [6, 6.07) is 9.38. The third-order valence-corrected chi connectivity index (χ3v) is 4.13. The van der Waals surface area contributed by atoms with Crippen molar-refractivity contribution in [1.82, 2.24) is 5.32 Å². The number of carbonyl (C=O) groups excluding carboxylic acids is 1. The van der Waals surface area contributed by atoms with Crippen LogP contribution in [0.3, 0.4) is 0 Å². The lowest BCUT2D eigenvalue weighted by molar-refractivity contribution is 0.0953. The van der Waals surface area contributed by atoms with Crippen molar-refractivity contribution in [2.45, 2.75) is 26.2 Å². The number of carbonyl (C=O) groups is 1. The van der Waals surface area contributed by atoms with E-state index in [4.69, 9.17) is 21.1 Å². The van der Waals surface area contributed by atoms with E-state index in [0.717, 1.165) is 18.4 Å². The summed E-state index contributed by atoms with van der Waals surface area (Å²) in [5.41, 5.74) is 1.34. The van der Waals surface area contributed by atoms with E-state index in [9.17, 15) is 9.18 Å². The molecule has 2 aromatic rings. The van der Waals surface area contributed by atoms with E-state index >= 15 is 0 Å². The number of nitrogens with one attached hydrogen (secondary N) is 1. The van der Waals surface area contributed by atoms with Gasteiger partial charge in [-0.15, -0.1) is 0 Å². The van der Waals surface area contributed by atoms with Crippen LogP contribution in [0.15, 0.2) is 36.4 Å². The quantitative estimate of drug-likeness (QED) is 0.646. The predicted octanol–water partition coefficient (Wildman–Crippen LogP) is 4.64. The first-order valence-electron chi connectivity index (χ1n) is 8.58. The van der Waals surface area contributed by atoms with Gasteiger partial charge in [-0.2, -0.15) is 0 Å². The van der Waals surface area contributed by atoms with Gasteiger partial charge in [-0.1, -0.05) is 37.1 Å². The number of halogens is 2. The van der Waals surface area contributed by atoms with Gasteiger partial charge in [-0.3, -0.25) is 4.79 Å². The third kappa shape index (κ3) is 5.63. The van der Waals surface area contributed by atoms with Crippen molar-refractivity contribution in [3.8, 4) is 11.5 Å². The first kappa shape index (κ1) is 20.0. The van der Waals surface area contributed by atoms with Crippen molar-refractivity contribution in [2.75, 3.05) is 20.3 Å². The van der Waals surface area contributed by atoms with Gasteiger partial charge in [0.1, 0.15) is 5.82 Å². The van der Waals surface area contributed by atoms with Crippen LogP contribution in [-0.4, -0.2) is 26.2 Å². The fourth-order valence-electron chi connectivity index (χ4n) is 2.38. The fourth-order valence-corrected chi connectivity index (χ4v) is 2.65. The molecule has 0 fully saturated rings. The Morgan fingerprint density at radius 2 is 1.96 bits per heavy atom. The summed E-state index contributed by atoms with van der Waals surface area (Å²) < 4.78 is 23.9. The number of rotatable bonds is 9. The van der Waals surface area contributed by atoms with Gasteiger partial charge < -0.3 is 14.8 Å². The zero-order valence-corrected chi connectivity index (χ0v) is 15.7. The van der Waals surface area contributed by atoms with Crippen molar-refractivity contribution < 1.29 is 18.7 Å². The summed E-state index contributed by atoms with van der Waals surface area (Å²) in [6.07, 6.45) is 2.52. The minimum Gasteiger partial charge on any atom is -0.493 e. The van der Waals surface area contributed by atoms with Crippen molar-refractivity contribution in [3.63, 3.8) is 0 Å². The Bertz CT molecular complexity index is 735. The molecule has 0 heterocycles. The third-order valence-electron chi connectivity index (χ3n) is 3.85. The van der Waals surface area contributed by atoms with Gasteiger partial charge >= 0.3 is 0 Å². The van der Waals surface area contributed by atoms with Crippen LogP contribution in [0.2, 0.25) is 5.02 Å². The van der Waals surface area contributed by atoms with E-state index in [2.05, 4.69) is 12.2 Å². The van der Waals surface area contributed by atoms with E-state index in [1.165, 1.54) is 19.2 Å². The molecule has 0 saturated heterocycles. The molecular weight excluding hydrogens is 357 g/mol. The molecule has 0 atom stereocenters. The Balaban J connectivity index is 1.99. The summed E-state index contributed by atoms with van der Waals surface area (Å²) in [4.78, 5) is 12.4. The Hall–Kier alpha value is -2.27. The van der Waals surface area contributed by atoms with Gasteiger partial charge in [0, 0.05) is 12.1 Å². The Kier molecular flexibility index (Phi) is 7.73. The van der Waals surface area contributed by atoms with E-state index < -0.39 is 0 Å². The molecule has 0 saturated carbocycles. The standard InChI is InChI=1S/C20H23ClFNO3/c1-3-4-11-26-19-17(21)12-15(13-18(19)25-2)20(24)23-10-9-14-5-7-16(22)8-6-14/h5-8,12-13H,3-4,9-11H2,1-2H3,(H,23,24). The number of methoxy groups -OCH3 is 1. The molecule has 0 aliphatic rings. The van der Waals surface area contributed by atoms with Gasteiger partial charge in [0.25, 0.3) is 5.91 Å². The molecule has 0 spiro atoms. The highest BCUT2D eigenvalue weighted by Crippen LogP contribution is 2.36. The molecule has 0 aliphatic heterocycles. The summed E-state index contributed by atoms with van der Waals surface area (Å²) in [5.74, 6) is 0.343. The average Bonchev–Trinajstić information content (AvgIpc) is 2.64. The summed E-state index contributed by atoms with van der Waals surface area (Å²) in [7, 11) is 1.51. The molecule has 2 aromatic carbocycles. The number of amides is 1. The van der Waals surface area contributed by atoms with Crippen LogP contribution in [0.1, 0.15) is 35.7 Å². The number of unbranched alkanes of at least 4 members (excludes halogenated alkanes) is 1. The van der Waals surface area contributed by atoms with E-state index in [1.54, 1.807) is 24.3 Å². The zero-order valence-electron chi connectivity index (χ0n) is 15.0. The van der Waals surface area contributed by atoms with E-state index in [0.29, 0.717) is 41.7 Å². The summed E-state index contributed by atoms with van der Waals surface area (Å²) in [6.45, 7) is 3.04. The highest BCUT2D eigenvalue weighted by molar-refractivity contribution is 6.32. The van der Waals surface area contributed by atoms with Crippen LogP contribution in [-0.2, 0) is 6.42 Å². The molecule has 0 radical (unpaired) electrons. The second kappa shape index (κ2) is 10.0. The lowest BCUT2D eigenvalue weighted by Gasteiger charge is -2.14. The van der Waals surface area contributed by atoms with Crippen molar-refractivity contribution in [3.05, 3.63) is 58.4 Å². The lowest BCUT2D eigenvalue weighted by Crippen LogP contribution is -2.25. The lowest BCUT2D eigenvalue weighted by atomic mass is 10.1. The first-order valence-corrected chi connectivity index (χ1v) is 8.96. The molecule has 0 aromatic heterocycles. The number of hydrogen-bond donors (Lipinski definition) is 1. The average molecular weight is 380 g/mol. The maximum Gasteiger partial charge on any atom is 0.251 e. The molecule has 140 valence electrons. The van der Waals surface area contributed by atoms with Crippen LogP contribution in [0.25, 0.3) is 0 Å². The minimum atomic E-state index is -0.277. The highest BCUT2D eigenvalue weighted by atomic mass is 35.5. The van der Waals surface area contributed by atoms with Crippen LogP contribution >= 0.6 is 11.6 Å². The van der Waals surface area contributed by atoms with Gasteiger partial charge in [0.05, 0.1) is 18.7 Å². The van der Waals surface area contributed by atoms with Crippen molar-refractivity contribution >= 4 is 17.5 Å². The molecule has 0 aliphatic carbocycles. The topological polar surface area (TPSA) is 47.6 Å². The van der Waals surface area contributed by atoms with Crippen LogP contribution in [0.5, 0.6) is 11.5 Å².